The molecule has 0 bridgehead atoms. The SMILES string of the molecule is Cn1nnnc1NCC1(O)CCOCC1. The fraction of sp³-hybridized carbons (Fsp3) is 0.875. The van der Waals surface area contributed by atoms with Crippen LogP contribution in [0.2, 0.25) is 0 Å². The first kappa shape index (κ1) is 10.3. The third kappa shape index (κ3) is 2.42. The Labute approximate surface area is 87.4 Å². The van der Waals surface area contributed by atoms with E-state index in [2.05, 4.69) is 20.8 Å². The molecule has 0 aromatic carbocycles. The first-order valence-electron chi connectivity index (χ1n) is 4.96. The molecule has 2 heterocycles. The summed E-state index contributed by atoms with van der Waals surface area (Å²) in [7, 11) is 1.75. The molecule has 2 N–H and O–H groups in total. The van der Waals surface area contributed by atoms with E-state index in [-0.39, 0.29) is 0 Å². The highest BCUT2D eigenvalue weighted by atomic mass is 16.5. The summed E-state index contributed by atoms with van der Waals surface area (Å²) in [5.41, 5.74) is -0.704. The number of ether oxygens (including phenoxy) is 1. The number of rotatable bonds is 3. The number of anilines is 1. The molecule has 0 aliphatic carbocycles. The molecule has 1 saturated heterocycles. The number of tetrazole rings is 1. The summed E-state index contributed by atoms with van der Waals surface area (Å²) in [4.78, 5) is 0. The molecule has 0 unspecified atom stereocenters. The van der Waals surface area contributed by atoms with Gasteiger partial charge in [0.05, 0.1) is 5.60 Å². The largest absolute Gasteiger partial charge is 0.388 e. The monoisotopic (exact) mass is 213 g/mol. The second-order valence-corrected chi connectivity index (χ2v) is 3.82. The normalized spacial score (nSPS) is 20.1. The molecule has 1 aliphatic heterocycles. The summed E-state index contributed by atoms with van der Waals surface area (Å²) >= 11 is 0. The highest BCUT2D eigenvalue weighted by Gasteiger charge is 2.29. The van der Waals surface area contributed by atoms with Gasteiger partial charge >= 0.3 is 0 Å². The van der Waals surface area contributed by atoms with E-state index in [0.29, 0.717) is 38.5 Å². The zero-order chi connectivity index (χ0) is 10.7. The number of aryl methyl sites for hydroxylation is 1. The van der Waals surface area contributed by atoms with Crippen molar-refractivity contribution >= 4 is 5.95 Å². The van der Waals surface area contributed by atoms with Crippen LogP contribution in [-0.4, -0.2) is 50.7 Å². The van der Waals surface area contributed by atoms with Crippen molar-refractivity contribution in [2.45, 2.75) is 18.4 Å². The fourth-order valence-electron chi connectivity index (χ4n) is 1.55. The standard InChI is InChI=1S/C8H15N5O2/c1-13-7(10-11-12-13)9-6-8(14)2-4-15-5-3-8/h14H,2-6H2,1H3,(H,9,10,12). The van der Waals surface area contributed by atoms with Gasteiger partial charge in [-0.2, -0.15) is 0 Å². The molecule has 15 heavy (non-hydrogen) atoms. The lowest BCUT2D eigenvalue weighted by molar-refractivity contribution is -0.0544. The van der Waals surface area contributed by atoms with Crippen LogP contribution in [0, 0.1) is 0 Å². The molecule has 1 fully saturated rings. The average Bonchev–Trinajstić information content (AvgIpc) is 2.62. The molecule has 1 aromatic heterocycles. The summed E-state index contributed by atoms with van der Waals surface area (Å²) in [6.07, 6.45) is 1.29. The Morgan fingerprint density at radius 2 is 2.27 bits per heavy atom. The highest BCUT2D eigenvalue weighted by Crippen LogP contribution is 2.20. The van der Waals surface area contributed by atoms with Crippen LogP contribution >= 0.6 is 0 Å². The number of hydrogen-bond acceptors (Lipinski definition) is 6. The summed E-state index contributed by atoms with van der Waals surface area (Å²) in [6, 6.07) is 0. The quantitative estimate of drug-likeness (QED) is 0.681. The van der Waals surface area contributed by atoms with E-state index >= 15 is 0 Å². The van der Waals surface area contributed by atoms with Crippen molar-refractivity contribution in [1.29, 1.82) is 0 Å². The van der Waals surface area contributed by atoms with Gasteiger partial charge < -0.3 is 15.2 Å². The van der Waals surface area contributed by atoms with Crippen LogP contribution < -0.4 is 5.32 Å². The van der Waals surface area contributed by atoms with Crippen LogP contribution in [-0.2, 0) is 11.8 Å². The summed E-state index contributed by atoms with van der Waals surface area (Å²) in [5, 5.41) is 24.1. The summed E-state index contributed by atoms with van der Waals surface area (Å²) < 4.78 is 6.72. The average molecular weight is 213 g/mol. The van der Waals surface area contributed by atoms with E-state index in [1.165, 1.54) is 4.68 Å². The van der Waals surface area contributed by atoms with Crippen molar-refractivity contribution in [3.05, 3.63) is 0 Å². The number of aromatic nitrogens is 4. The Balaban J connectivity index is 1.89. The molecule has 84 valence electrons. The van der Waals surface area contributed by atoms with E-state index in [1.54, 1.807) is 7.05 Å². The molecule has 0 saturated carbocycles. The smallest absolute Gasteiger partial charge is 0.242 e. The van der Waals surface area contributed by atoms with Gasteiger partial charge in [-0.1, -0.05) is 5.10 Å². The predicted molar refractivity (Wildman–Crippen MR) is 52.3 cm³/mol. The van der Waals surface area contributed by atoms with Gasteiger partial charge in [-0.05, 0) is 10.4 Å². The van der Waals surface area contributed by atoms with E-state index in [0.717, 1.165) is 0 Å². The zero-order valence-electron chi connectivity index (χ0n) is 8.68. The topological polar surface area (TPSA) is 85.1 Å². The molecule has 7 heteroatoms. The van der Waals surface area contributed by atoms with Crippen LogP contribution in [0.15, 0.2) is 0 Å². The second-order valence-electron chi connectivity index (χ2n) is 3.82. The van der Waals surface area contributed by atoms with Crippen LogP contribution in [0.5, 0.6) is 0 Å². The fourth-order valence-corrected chi connectivity index (χ4v) is 1.55. The van der Waals surface area contributed by atoms with Crippen LogP contribution in [0.1, 0.15) is 12.8 Å². The van der Waals surface area contributed by atoms with Crippen LogP contribution in [0.25, 0.3) is 0 Å². The van der Waals surface area contributed by atoms with E-state index in [1.807, 2.05) is 0 Å². The molecule has 0 radical (unpaired) electrons. The molecule has 2 rings (SSSR count). The minimum Gasteiger partial charge on any atom is -0.388 e. The maximum absolute atomic E-state index is 10.1. The van der Waals surface area contributed by atoms with Gasteiger partial charge in [0.1, 0.15) is 0 Å². The van der Waals surface area contributed by atoms with Crippen molar-refractivity contribution in [3.8, 4) is 0 Å². The van der Waals surface area contributed by atoms with E-state index < -0.39 is 5.60 Å². The maximum atomic E-state index is 10.1. The first-order chi connectivity index (χ1) is 7.20. The third-order valence-corrected chi connectivity index (χ3v) is 2.62. The zero-order valence-corrected chi connectivity index (χ0v) is 8.68. The van der Waals surface area contributed by atoms with E-state index in [9.17, 15) is 5.11 Å². The second kappa shape index (κ2) is 4.11. The Morgan fingerprint density at radius 3 is 2.87 bits per heavy atom. The van der Waals surface area contributed by atoms with Crippen molar-refractivity contribution in [1.82, 2.24) is 20.2 Å². The number of nitrogens with zero attached hydrogens (tertiary/aromatic N) is 4. The molecular weight excluding hydrogens is 198 g/mol. The summed E-state index contributed by atoms with van der Waals surface area (Å²) in [6.45, 7) is 1.66. The van der Waals surface area contributed by atoms with Crippen molar-refractivity contribution in [3.63, 3.8) is 0 Å². The molecule has 0 spiro atoms. The van der Waals surface area contributed by atoms with Gasteiger partial charge in [0.25, 0.3) is 0 Å². The van der Waals surface area contributed by atoms with Gasteiger partial charge in [0.2, 0.25) is 5.95 Å². The molecule has 1 aliphatic rings. The number of aliphatic hydroxyl groups is 1. The Hall–Kier alpha value is -1.21. The first-order valence-corrected chi connectivity index (χ1v) is 4.96. The lowest BCUT2D eigenvalue weighted by Gasteiger charge is -2.31. The van der Waals surface area contributed by atoms with Crippen molar-refractivity contribution in [2.24, 2.45) is 7.05 Å². The number of nitrogens with one attached hydrogen (secondary N) is 1. The van der Waals surface area contributed by atoms with Crippen LogP contribution in [0.4, 0.5) is 5.95 Å². The van der Waals surface area contributed by atoms with Crippen LogP contribution in [0.3, 0.4) is 0 Å². The lowest BCUT2D eigenvalue weighted by atomic mass is 9.94. The Bertz CT molecular complexity index is 321. The van der Waals surface area contributed by atoms with Gasteiger partial charge in [-0.25, -0.2) is 4.68 Å². The predicted octanol–water partition coefficient (Wildman–Crippen LogP) is -0.837. The van der Waals surface area contributed by atoms with Gasteiger partial charge in [0, 0.05) is 39.6 Å². The van der Waals surface area contributed by atoms with Crippen molar-refractivity contribution in [2.75, 3.05) is 25.1 Å². The minimum absolute atomic E-state index is 0.449. The maximum Gasteiger partial charge on any atom is 0.242 e. The van der Waals surface area contributed by atoms with Gasteiger partial charge in [-0.3, -0.25) is 0 Å². The molecule has 0 atom stereocenters. The molecule has 7 nitrogen and oxygen atoms in total. The summed E-state index contributed by atoms with van der Waals surface area (Å²) in [5.74, 6) is 0.565. The molecule has 1 aromatic rings. The van der Waals surface area contributed by atoms with Crippen molar-refractivity contribution < 1.29 is 9.84 Å². The Morgan fingerprint density at radius 1 is 1.53 bits per heavy atom. The molecular formula is C8H15N5O2. The Kier molecular flexibility index (Phi) is 2.83. The third-order valence-electron chi connectivity index (χ3n) is 2.62. The lowest BCUT2D eigenvalue weighted by Crippen LogP contribution is -2.42. The highest BCUT2D eigenvalue weighted by molar-refractivity contribution is 5.22. The van der Waals surface area contributed by atoms with Gasteiger partial charge in [0.15, 0.2) is 0 Å². The van der Waals surface area contributed by atoms with Gasteiger partial charge in [-0.15, -0.1) is 0 Å². The molecule has 0 amide bonds. The number of hydrogen-bond donors (Lipinski definition) is 2. The van der Waals surface area contributed by atoms with E-state index in [4.69, 9.17) is 4.74 Å². The minimum atomic E-state index is -0.704.